The fraction of sp³-hybridized carbons (Fsp3) is 0.300. The molecule has 1 saturated carbocycles. The SMILES string of the molecule is O=Cc1ccc(O)c(OC2CC2)c1. The monoisotopic (exact) mass is 178 g/mol. The minimum absolute atomic E-state index is 0.0949. The van der Waals surface area contributed by atoms with Gasteiger partial charge in [-0.3, -0.25) is 4.79 Å². The summed E-state index contributed by atoms with van der Waals surface area (Å²) < 4.78 is 5.39. The van der Waals surface area contributed by atoms with Gasteiger partial charge >= 0.3 is 0 Å². The molecule has 2 rings (SSSR count). The van der Waals surface area contributed by atoms with Crippen molar-refractivity contribution in [2.24, 2.45) is 0 Å². The summed E-state index contributed by atoms with van der Waals surface area (Å²) >= 11 is 0. The molecule has 0 atom stereocenters. The fourth-order valence-electron chi connectivity index (χ4n) is 1.06. The van der Waals surface area contributed by atoms with Gasteiger partial charge in [0, 0.05) is 5.56 Å². The van der Waals surface area contributed by atoms with Gasteiger partial charge < -0.3 is 9.84 Å². The van der Waals surface area contributed by atoms with Crippen molar-refractivity contribution in [3.63, 3.8) is 0 Å². The molecule has 0 radical (unpaired) electrons. The Kier molecular flexibility index (Phi) is 1.93. The molecule has 1 aliphatic carbocycles. The maximum atomic E-state index is 10.4. The number of hydrogen-bond donors (Lipinski definition) is 1. The summed E-state index contributed by atoms with van der Waals surface area (Å²) in [5.41, 5.74) is 0.522. The molecule has 1 fully saturated rings. The second-order valence-electron chi connectivity index (χ2n) is 3.16. The zero-order valence-corrected chi connectivity index (χ0v) is 7.06. The minimum Gasteiger partial charge on any atom is -0.504 e. The second kappa shape index (κ2) is 3.09. The van der Waals surface area contributed by atoms with Crippen LogP contribution in [0.3, 0.4) is 0 Å². The molecular formula is C10H10O3. The molecule has 13 heavy (non-hydrogen) atoms. The van der Waals surface area contributed by atoms with Crippen LogP contribution in [0.4, 0.5) is 0 Å². The molecular weight excluding hydrogens is 168 g/mol. The third-order valence-corrected chi connectivity index (χ3v) is 1.94. The van der Waals surface area contributed by atoms with Gasteiger partial charge in [-0.1, -0.05) is 0 Å². The topological polar surface area (TPSA) is 46.5 Å². The van der Waals surface area contributed by atoms with Crippen LogP contribution >= 0.6 is 0 Å². The van der Waals surface area contributed by atoms with Crippen LogP contribution in [-0.2, 0) is 0 Å². The van der Waals surface area contributed by atoms with E-state index in [2.05, 4.69) is 0 Å². The van der Waals surface area contributed by atoms with Gasteiger partial charge in [0.05, 0.1) is 6.10 Å². The molecule has 0 aliphatic heterocycles. The molecule has 3 heteroatoms. The van der Waals surface area contributed by atoms with Crippen molar-refractivity contribution >= 4 is 6.29 Å². The molecule has 1 aromatic rings. The highest BCUT2D eigenvalue weighted by molar-refractivity contribution is 5.76. The first-order valence-corrected chi connectivity index (χ1v) is 4.24. The van der Waals surface area contributed by atoms with E-state index in [-0.39, 0.29) is 11.9 Å². The Morgan fingerprint density at radius 3 is 2.85 bits per heavy atom. The van der Waals surface area contributed by atoms with Crippen molar-refractivity contribution in [1.29, 1.82) is 0 Å². The summed E-state index contributed by atoms with van der Waals surface area (Å²) in [4.78, 5) is 10.4. The van der Waals surface area contributed by atoms with Crippen molar-refractivity contribution in [2.75, 3.05) is 0 Å². The summed E-state index contributed by atoms with van der Waals surface area (Å²) in [5, 5.41) is 9.37. The van der Waals surface area contributed by atoms with Crippen LogP contribution in [0.1, 0.15) is 23.2 Å². The molecule has 0 unspecified atom stereocenters. The van der Waals surface area contributed by atoms with E-state index in [0.29, 0.717) is 11.3 Å². The molecule has 0 heterocycles. The number of ether oxygens (including phenoxy) is 1. The largest absolute Gasteiger partial charge is 0.504 e. The highest BCUT2D eigenvalue weighted by Crippen LogP contribution is 2.33. The lowest BCUT2D eigenvalue weighted by Gasteiger charge is -2.06. The summed E-state index contributed by atoms with van der Waals surface area (Å²) in [5.74, 6) is 0.504. The van der Waals surface area contributed by atoms with E-state index in [1.54, 1.807) is 12.1 Å². The Morgan fingerprint density at radius 1 is 1.46 bits per heavy atom. The van der Waals surface area contributed by atoms with E-state index in [0.717, 1.165) is 19.1 Å². The maximum Gasteiger partial charge on any atom is 0.162 e. The Balaban J connectivity index is 2.24. The Morgan fingerprint density at radius 2 is 2.23 bits per heavy atom. The lowest BCUT2D eigenvalue weighted by molar-refractivity contribution is 0.112. The van der Waals surface area contributed by atoms with E-state index in [1.807, 2.05) is 0 Å². The van der Waals surface area contributed by atoms with E-state index >= 15 is 0 Å². The van der Waals surface area contributed by atoms with Crippen molar-refractivity contribution in [3.8, 4) is 11.5 Å². The minimum atomic E-state index is 0.0949. The number of carbonyl (C=O) groups is 1. The predicted molar refractivity (Wildman–Crippen MR) is 47.1 cm³/mol. The first-order valence-electron chi connectivity index (χ1n) is 4.24. The van der Waals surface area contributed by atoms with E-state index in [9.17, 15) is 9.90 Å². The van der Waals surface area contributed by atoms with Crippen molar-refractivity contribution < 1.29 is 14.6 Å². The van der Waals surface area contributed by atoms with Crippen molar-refractivity contribution in [3.05, 3.63) is 23.8 Å². The number of phenols is 1. The van der Waals surface area contributed by atoms with Gasteiger partial charge in [-0.2, -0.15) is 0 Å². The maximum absolute atomic E-state index is 10.4. The van der Waals surface area contributed by atoms with E-state index in [1.165, 1.54) is 6.07 Å². The first kappa shape index (κ1) is 8.10. The number of rotatable bonds is 3. The number of carbonyl (C=O) groups excluding carboxylic acids is 1. The summed E-state index contributed by atoms with van der Waals surface area (Å²) in [6, 6.07) is 4.59. The van der Waals surface area contributed by atoms with Crippen molar-refractivity contribution in [2.45, 2.75) is 18.9 Å². The van der Waals surface area contributed by atoms with Gasteiger partial charge in [0.15, 0.2) is 11.5 Å². The van der Waals surface area contributed by atoms with E-state index < -0.39 is 0 Å². The molecule has 0 saturated heterocycles. The normalized spacial score (nSPS) is 15.4. The molecule has 0 bridgehead atoms. The van der Waals surface area contributed by atoms with Crippen LogP contribution in [-0.4, -0.2) is 17.5 Å². The summed E-state index contributed by atoms with van der Waals surface area (Å²) in [7, 11) is 0. The highest BCUT2D eigenvalue weighted by atomic mass is 16.5. The lowest BCUT2D eigenvalue weighted by atomic mass is 10.2. The van der Waals surface area contributed by atoms with Gasteiger partial charge in [0.25, 0.3) is 0 Å². The summed E-state index contributed by atoms with van der Waals surface area (Å²) in [6.45, 7) is 0. The molecule has 3 nitrogen and oxygen atoms in total. The zero-order valence-electron chi connectivity index (χ0n) is 7.06. The number of hydrogen-bond acceptors (Lipinski definition) is 3. The fourth-order valence-corrected chi connectivity index (χ4v) is 1.06. The first-order chi connectivity index (χ1) is 6.29. The number of aldehydes is 1. The van der Waals surface area contributed by atoms with Crippen LogP contribution in [0.15, 0.2) is 18.2 Å². The molecule has 0 amide bonds. The average Bonchev–Trinajstić information content (AvgIpc) is 2.93. The van der Waals surface area contributed by atoms with Crippen LogP contribution < -0.4 is 4.74 Å². The average molecular weight is 178 g/mol. The Hall–Kier alpha value is -1.51. The van der Waals surface area contributed by atoms with Gasteiger partial charge in [-0.25, -0.2) is 0 Å². The lowest BCUT2D eigenvalue weighted by Crippen LogP contribution is -1.96. The van der Waals surface area contributed by atoms with Crippen LogP contribution in [0.2, 0.25) is 0 Å². The van der Waals surface area contributed by atoms with Crippen LogP contribution in [0.25, 0.3) is 0 Å². The number of phenolic OH excluding ortho intramolecular Hbond substituents is 1. The number of benzene rings is 1. The van der Waals surface area contributed by atoms with Gasteiger partial charge in [0.2, 0.25) is 0 Å². The smallest absolute Gasteiger partial charge is 0.162 e. The Labute approximate surface area is 76.0 Å². The van der Waals surface area contributed by atoms with Gasteiger partial charge in [-0.05, 0) is 31.0 Å². The van der Waals surface area contributed by atoms with Gasteiger partial charge in [0.1, 0.15) is 6.29 Å². The van der Waals surface area contributed by atoms with Crippen LogP contribution in [0, 0.1) is 0 Å². The number of aromatic hydroxyl groups is 1. The quantitative estimate of drug-likeness (QED) is 0.717. The third-order valence-electron chi connectivity index (χ3n) is 1.94. The molecule has 1 aromatic carbocycles. The third kappa shape index (κ3) is 1.80. The second-order valence-corrected chi connectivity index (χ2v) is 3.16. The Bertz CT molecular complexity index is 329. The molecule has 0 aromatic heterocycles. The molecule has 68 valence electrons. The van der Waals surface area contributed by atoms with Crippen molar-refractivity contribution in [1.82, 2.24) is 0 Å². The predicted octanol–water partition coefficient (Wildman–Crippen LogP) is 1.75. The van der Waals surface area contributed by atoms with Gasteiger partial charge in [-0.15, -0.1) is 0 Å². The molecule has 1 aliphatic rings. The highest BCUT2D eigenvalue weighted by Gasteiger charge is 2.24. The standard InChI is InChI=1S/C10H10O3/c11-6-7-1-4-9(12)10(5-7)13-8-2-3-8/h1,4-6,8,12H,2-3H2. The van der Waals surface area contributed by atoms with E-state index in [4.69, 9.17) is 4.74 Å². The molecule has 1 N–H and O–H groups in total. The summed E-state index contributed by atoms with van der Waals surface area (Å²) in [6.07, 6.45) is 3.03. The zero-order chi connectivity index (χ0) is 9.26. The molecule has 0 spiro atoms. The van der Waals surface area contributed by atoms with Crippen LogP contribution in [0.5, 0.6) is 11.5 Å².